The van der Waals surface area contributed by atoms with Crippen LogP contribution in [0.3, 0.4) is 0 Å². The average molecular weight is 418 g/mol. The van der Waals surface area contributed by atoms with Crippen LogP contribution in [0.1, 0.15) is 30.6 Å². The Labute approximate surface area is 164 Å². The first-order chi connectivity index (χ1) is 12.7. The first kappa shape index (κ1) is 21.6. The van der Waals surface area contributed by atoms with Gasteiger partial charge in [0.25, 0.3) is 5.91 Å². The van der Waals surface area contributed by atoms with Crippen molar-refractivity contribution in [3.63, 3.8) is 0 Å². The van der Waals surface area contributed by atoms with E-state index in [0.29, 0.717) is 34.2 Å². The van der Waals surface area contributed by atoms with Crippen molar-refractivity contribution in [2.45, 2.75) is 31.3 Å². The molecule has 0 spiro atoms. The summed E-state index contributed by atoms with van der Waals surface area (Å²) >= 11 is 7.56. The number of rotatable bonds is 7. The summed E-state index contributed by atoms with van der Waals surface area (Å²) in [5.41, 5.74) is 0.0379. The smallest absolute Gasteiger partial charge is 0.255 e. The third-order valence-corrected chi connectivity index (χ3v) is 5.79. The van der Waals surface area contributed by atoms with Gasteiger partial charge in [0.1, 0.15) is 0 Å². The van der Waals surface area contributed by atoms with Crippen LogP contribution in [0.5, 0.6) is 0 Å². The SMILES string of the molecule is CCC(O)C(C)CSc1cc(C(=O)Nc2cc(F)c(F)c(F)c2)ccc1Cl. The van der Waals surface area contributed by atoms with Crippen LogP contribution in [0.4, 0.5) is 18.9 Å². The summed E-state index contributed by atoms with van der Waals surface area (Å²) in [6.07, 6.45) is 0.217. The summed E-state index contributed by atoms with van der Waals surface area (Å²) in [6, 6.07) is 5.99. The minimum atomic E-state index is -1.60. The predicted molar refractivity (Wildman–Crippen MR) is 102 cm³/mol. The second-order valence-electron chi connectivity index (χ2n) is 6.12. The zero-order chi connectivity index (χ0) is 20.1. The van der Waals surface area contributed by atoms with Crippen LogP contribution in [-0.2, 0) is 0 Å². The first-order valence-electron chi connectivity index (χ1n) is 8.29. The number of thioether (sulfide) groups is 1. The molecular formula is C19H19ClF3NO2S. The molecule has 0 bridgehead atoms. The van der Waals surface area contributed by atoms with Gasteiger partial charge in [-0.1, -0.05) is 25.4 Å². The molecule has 0 saturated heterocycles. The van der Waals surface area contributed by atoms with E-state index in [-0.39, 0.29) is 17.2 Å². The fraction of sp³-hybridized carbons (Fsp3) is 0.316. The summed E-state index contributed by atoms with van der Waals surface area (Å²) in [4.78, 5) is 13.0. The lowest BCUT2D eigenvalue weighted by Gasteiger charge is -2.17. The zero-order valence-electron chi connectivity index (χ0n) is 14.7. The van der Waals surface area contributed by atoms with E-state index >= 15 is 0 Å². The zero-order valence-corrected chi connectivity index (χ0v) is 16.3. The lowest BCUT2D eigenvalue weighted by molar-refractivity contribution is 0.102. The Kier molecular flexibility index (Phi) is 7.59. The van der Waals surface area contributed by atoms with Gasteiger partial charge >= 0.3 is 0 Å². The van der Waals surface area contributed by atoms with Crippen molar-refractivity contribution in [3.05, 3.63) is 58.4 Å². The molecule has 2 atom stereocenters. The molecule has 27 heavy (non-hydrogen) atoms. The van der Waals surface area contributed by atoms with Gasteiger partial charge in [-0.05, 0) is 30.5 Å². The highest BCUT2D eigenvalue weighted by Crippen LogP contribution is 2.31. The number of aliphatic hydroxyl groups excluding tert-OH is 1. The van der Waals surface area contributed by atoms with Crippen molar-refractivity contribution in [1.82, 2.24) is 0 Å². The van der Waals surface area contributed by atoms with Crippen molar-refractivity contribution >= 4 is 35.0 Å². The molecule has 0 aliphatic rings. The summed E-state index contributed by atoms with van der Waals surface area (Å²) in [7, 11) is 0. The molecule has 146 valence electrons. The Bertz CT molecular complexity index is 812. The fourth-order valence-electron chi connectivity index (χ4n) is 2.32. The molecule has 0 radical (unpaired) electrons. The molecule has 2 unspecified atom stereocenters. The van der Waals surface area contributed by atoms with E-state index in [4.69, 9.17) is 11.6 Å². The lowest BCUT2D eigenvalue weighted by atomic mass is 10.1. The number of aliphatic hydroxyl groups is 1. The van der Waals surface area contributed by atoms with Gasteiger partial charge in [-0.2, -0.15) is 0 Å². The van der Waals surface area contributed by atoms with E-state index < -0.39 is 29.5 Å². The number of amides is 1. The van der Waals surface area contributed by atoms with E-state index in [1.807, 2.05) is 13.8 Å². The summed E-state index contributed by atoms with van der Waals surface area (Å²) < 4.78 is 39.5. The number of anilines is 1. The van der Waals surface area contributed by atoms with Gasteiger partial charge in [0, 0.05) is 34.0 Å². The monoisotopic (exact) mass is 417 g/mol. The van der Waals surface area contributed by atoms with E-state index in [1.165, 1.54) is 17.8 Å². The van der Waals surface area contributed by atoms with Crippen LogP contribution in [0.2, 0.25) is 5.02 Å². The van der Waals surface area contributed by atoms with Crippen LogP contribution < -0.4 is 5.32 Å². The van der Waals surface area contributed by atoms with Crippen molar-refractivity contribution in [3.8, 4) is 0 Å². The third-order valence-electron chi connectivity index (χ3n) is 4.01. The van der Waals surface area contributed by atoms with Crippen LogP contribution in [0.25, 0.3) is 0 Å². The minimum absolute atomic E-state index is 0.0405. The second-order valence-corrected chi connectivity index (χ2v) is 7.59. The molecule has 2 rings (SSSR count). The average Bonchev–Trinajstić information content (AvgIpc) is 2.64. The van der Waals surface area contributed by atoms with E-state index in [0.717, 1.165) is 0 Å². The molecule has 0 aromatic heterocycles. The Balaban J connectivity index is 2.13. The van der Waals surface area contributed by atoms with Gasteiger partial charge in [-0.25, -0.2) is 13.2 Å². The number of carbonyl (C=O) groups excluding carboxylic acids is 1. The highest BCUT2D eigenvalue weighted by Gasteiger charge is 2.16. The van der Waals surface area contributed by atoms with E-state index in [2.05, 4.69) is 5.32 Å². The lowest BCUT2D eigenvalue weighted by Crippen LogP contribution is -2.18. The van der Waals surface area contributed by atoms with Gasteiger partial charge < -0.3 is 10.4 Å². The maximum absolute atomic E-state index is 13.3. The molecule has 8 heteroatoms. The maximum atomic E-state index is 13.3. The fourth-order valence-corrected chi connectivity index (χ4v) is 3.68. The second kappa shape index (κ2) is 9.48. The molecule has 2 N–H and O–H groups in total. The Morgan fingerprint density at radius 2 is 1.85 bits per heavy atom. The number of nitrogens with one attached hydrogen (secondary N) is 1. The van der Waals surface area contributed by atoms with Gasteiger partial charge in [0.2, 0.25) is 0 Å². The summed E-state index contributed by atoms with van der Waals surface area (Å²) in [5, 5.41) is 12.6. The molecule has 0 aliphatic heterocycles. The van der Waals surface area contributed by atoms with Gasteiger partial charge in [0.15, 0.2) is 17.5 Å². The molecule has 0 saturated carbocycles. The van der Waals surface area contributed by atoms with Crippen LogP contribution in [-0.4, -0.2) is 22.9 Å². The topological polar surface area (TPSA) is 49.3 Å². The summed E-state index contributed by atoms with van der Waals surface area (Å²) in [6.45, 7) is 3.81. The molecule has 0 heterocycles. The maximum Gasteiger partial charge on any atom is 0.255 e. The Morgan fingerprint density at radius 1 is 1.22 bits per heavy atom. The van der Waals surface area contributed by atoms with Gasteiger partial charge in [-0.15, -0.1) is 11.8 Å². The molecular weight excluding hydrogens is 399 g/mol. The number of hydrogen-bond acceptors (Lipinski definition) is 3. The van der Waals surface area contributed by atoms with E-state index in [9.17, 15) is 23.1 Å². The summed E-state index contributed by atoms with van der Waals surface area (Å²) in [5.74, 6) is -4.34. The molecule has 2 aromatic rings. The normalized spacial score (nSPS) is 13.3. The largest absolute Gasteiger partial charge is 0.393 e. The standard InChI is InChI=1S/C19H19ClF3NO2S/c1-3-16(25)10(2)9-27-17-6-11(4-5-13(17)20)19(26)24-12-7-14(21)18(23)15(22)8-12/h4-8,10,16,25H,3,9H2,1-2H3,(H,24,26). The minimum Gasteiger partial charge on any atom is -0.393 e. The Hall–Kier alpha value is -1.70. The Morgan fingerprint density at radius 3 is 2.44 bits per heavy atom. The molecule has 0 fully saturated rings. The third kappa shape index (κ3) is 5.64. The van der Waals surface area contributed by atoms with Crippen molar-refractivity contribution in [1.29, 1.82) is 0 Å². The highest BCUT2D eigenvalue weighted by molar-refractivity contribution is 7.99. The van der Waals surface area contributed by atoms with Crippen molar-refractivity contribution in [2.24, 2.45) is 5.92 Å². The molecule has 0 aliphatic carbocycles. The van der Waals surface area contributed by atoms with E-state index in [1.54, 1.807) is 12.1 Å². The van der Waals surface area contributed by atoms with Crippen molar-refractivity contribution < 1.29 is 23.1 Å². The van der Waals surface area contributed by atoms with Crippen LogP contribution in [0.15, 0.2) is 35.2 Å². The molecule has 2 aromatic carbocycles. The van der Waals surface area contributed by atoms with Gasteiger partial charge in [0.05, 0.1) is 11.1 Å². The van der Waals surface area contributed by atoms with Crippen LogP contribution >= 0.6 is 23.4 Å². The number of halogens is 4. The predicted octanol–water partition coefficient (Wildman–Crippen LogP) is 5.51. The van der Waals surface area contributed by atoms with Crippen LogP contribution in [0, 0.1) is 23.4 Å². The van der Waals surface area contributed by atoms with Gasteiger partial charge in [-0.3, -0.25) is 4.79 Å². The molecule has 1 amide bonds. The number of hydrogen-bond donors (Lipinski definition) is 2. The van der Waals surface area contributed by atoms with Crippen molar-refractivity contribution in [2.75, 3.05) is 11.1 Å². The number of benzene rings is 2. The first-order valence-corrected chi connectivity index (χ1v) is 9.65. The molecule has 3 nitrogen and oxygen atoms in total. The quantitative estimate of drug-likeness (QED) is 0.461. The highest BCUT2D eigenvalue weighted by atomic mass is 35.5. The number of carbonyl (C=O) groups is 1.